The van der Waals surface area contributed by atoms with Gasteiger partial charge in [-0.1, -0.05) is 31.0 Å². The number of hydrogen-bond donors (Lipinski definition) is 2. The third-order valence-electron chi connectivity index (χ3n) is 3.75. The number of amides is 2. The van der Waals surface area contributed by atoms with Crippen molar-refractivity contribution in [3.05, 3.63) is 35.4 Å². The molecule has 0 heterocycles. The highest BCUT2D eigenvalue weighted by Crippen LogP contribution is 2.19. The van der Waals surface area contributed by atoms with Crippen molar-refractivity contribution in [3.63, 3.8) is 0 Å². The molecule has 2 amide bonds. The summed E-state index contributed by atoms with van der Waals surface area (Å²) in [4.78, 5) is 22.9. The Morgan fingerprint density at radius 2 is 1.89 bits per heavy atom. The Balaban J connectivity index is 2.04. The summed E-state index contributed by atoms with van der Waals surface area (Å²) in [6.45, 7) is 1.93. The Bertz CT molecular complexity index is 459. The van der Waals surface area contributed by atoms with Gasteiger partial charge in [-0.2, -0.15) is 0 Å². The van der Waals surface area contributed by atoms with E-state index in [9.17, 15) is 9.59 Å². The molecule has 2 rings (SSSR count). The summed E-state index contributed by atoms with van der Waals surface area (Å²) in [6.07, 6.45) is 4.77. The summed E-state index contributed by atoms with van der Waals surface area (Å²) in [5, 5.41) is 5.86. The Hall–Kier alpha value is -1.84. The van der Waals surface area contributed by atoms with E-state index in [1.807, 2.05) is 31.2 Å². The van der Waals surface area contributed by atoms with Gasteiger partial charge in [0, 0.05) is 17.6 Å². The van der Waals surface area contributed by atoms with Gasteiger partial charge in [-0.15, -0.1) is 0 Å². The van der Waals surface area contributed by atoms with Crippen LogP contribution >= 0.6 is 0 Å². The van der Waals surface area contributed by atoms with Crippen LogP contribution in [0.15, 0.2) is 24.3 Å². The molecule has 0 bridgehead atoms. The number of aryl methyl sites for hydroxylation is 1. The molecule has 102 valence electrons. The summed E-state index contributed by atoms with van der Waals surface area (Å²) in [7, 11) is 0. The molecule has 0 spiro atoms. The van der Waals surface area contributed by atoms with Gasteiger partial charge in [0.2, 0.25) is 6.41 Å². The normalized spacial score (nSPS) is 22.6. The molecular weight excluding hydrogens is 240 g/mol. The zero-order valence-electron chi connectivity index (χ0n) is 11.2. The summed E-state index contributed by atoms with van der Waals surface area (Å²) in [6, 6.07) is 7.63. The first-order chi connectivity index (χ1) is 9.22. The minimum absolute atomic E-state index is 0.0334. The van der Waals surface area contributed by atoms with E-state index in [0.717, 1.165) is 37.7 Å². The highest BCUT2D eigenvalue weighted by atomic mass is 16.2. The first kappa shape index (κ1) is 13.6. The van der Waals surface area contributed by atoms with Crippen molar-refractivity contribution in [3.8, 4) is 0 Å². The molecule has 0 aliphatic heterocycles. The standard InChI is InChI=1S/C15H20N2O2/c1-11-6-2-3-7-12(11)15(19)17-14-9-5-4-8-13(14)16-10-18/h2-3,6-7,10,13-14H,4-5,8-9H2,1H3,(H,16,18)(H,17,19)/t13-,14+/m0/s1. The average molecular weight is 260 g/mol. The van der Waals surface area contributed by atoms with Crippen LogP contribution in [0.25, 0.3) is 0 Å². The summed E-state index contributed by atoms with van der Waals surface area (Å²) in [5.41, 5.74) is 1.67. The van der Waals surface area contributed by atoms with Crippen LogP contribution in [0.3, 0.4) is 0 Å². The molecule has 2 atom stereocenters. The largest absolute Gasteiger partial charge is 0.354 e. The lowest BCUT2D eigenvalue weighted by molar-refractivity contribution is -0.110. The van der Waals surface area contributed by atoms with Crippen molar-refractivity contribution < 1.29 is 9.59 Å². The van der Waals surface area contributed by atoms with Gasteiger partial charge in [-0.3, -0.25) is 9.59 Å². The number of rotatable bonds is 4. The Labute approximate surface area is 113 Å². The molecule has 19 heavy (non-hydrogen) atoms. The first-order valence-electron chi connectivity index (χ1n) is 6.78. The van der Waals surface area contributed by atoms with Gasteiger partial charge >= 0.3 is 0 Å². The molecule has 0 unspecified atom stereocenters. The monoisotopic (exact) mass is 260 g/mol. The highest BCUT2D eigenvalue weighted by Gasteiger charge is 2.26. The topological polar surface area (TPSA) is 58.2 Å². The zero-order chi connectivity index (χ0) is 13.7. The third kappa shape index (κ3) is 3.34. The minimum atomic E-state index is -0.0531. The van der Waals surface area contributed by atoms with Gasteiger partial charge in [0.15, 0.2) is 0 Å². The predicted octanol–water partition coefficient (Wildman–Crippen LogP) is 1.78. The third-order valence-corrected chi connectivity index (χ3v) is 3.75. The van der Waals surface area contributed by atoms with Crippen LogP contribution in [-0.2, 0) is 4.79 Å². The van der Waals surface area contributed by atoms with Gasteiger partial charge in [-0.05, 0) is 31.4 Å². The van der Waals surface area contributed by atoms with Crippen molar-refractivity contribution in [2.45, 2.75) is 44.7 Å². The second-order valence-electron chi connectivity index (χ2n) is 5.07. The maximum atomic E-state index is 12.3. The van der Waals surface area contributed by atoms with Crippen molar-refractivity contribution in [1.29, 1.82) is 0 Å². The number of hydrogen-bond acceptors (Lipinski definition) is 2. The quantitative estimate of drug-likeness (QED) is 0.811. The number of benzene rings is 1. The van der Waals surface area contributed by atoms with E-state index in [1.165, 1.54) is 0 Å². The van der Waals surface area contributed by atoms with Crippen LogP contribution in [-0.4, -0.2) is 24.4 Å². The molecule has 1 aromatic rings. The lowest BCUT2D eigenvalue weighted by atomic mass is 9.90. The fraction of sp³-hybridized carbons (Fsp3) is 0.467. The van der Waals surface area contributed by atoms with Gasteiger partial charge in [0.05, 0.1) is 0 Å². The fourth-order valence-corrected chi connectivity index (χ4v) is 2.66. The van der Waals surface area contributed by atoms with Crippen LogP contribution < -0.4 is 10.6 Å². The van der Waals surface area contributed by atoms with Gasteiger partial charge in [0.25, 0.3) is 5.91 Å². The van der Waals surface area contributed by atoms with E-state index in [4.69, 9.17) is 0 Å². The van der Waals surface area contributed by atoms with Crippen LogP contribution in [0.2, 0.25) is 0 Å². The molecule has 2 N–H and O–H groups in total. The number of nitrogens with one attached hydrogen (secondary N) is 2. The van der Waals surface area contributed by atoms with Crippen molar-refractivity contribution >= 4 is 12.3 Å². The number of carbonyl (C=O) groups is 2. The molecule has 0 saturated heterocycles. The molecule has 1 aromatic carbocycles. The van der Waals surface area contributed by atoms with Crippen LogP contribution in [0.4, 0.5) is 0 Å². The van der Waals surface area contributed by atoms with Crippen LogP contribution in [0, 0.1) is 6.92 Å². The molecule has 1 aliphatic carbocycles. The average Bonchev–Trinajstić information content (AvgIpc) is 2.41. The molecule has 1 fully saturated rings. The van der Waals surface area contributed by atoms with E-state index in [0.29, 0.717) is 5.56 Å². The lowest BCUT2D eigenvalue weighted by Crippen LogP contribution is -2.51. The van der Waals surface area contributed by atoms with E-state index in [-0.39, 0.29) is 18.0 Å². The molecular formula is C15H20N2O2. The second kappa shape index (κ2) is 6.36. The smallest absolute Gasteiger partial charge is 0.251 e. The molecule has 1 aliphatic rings. The SMILES string of the molecule is Cc1ccccc1C(=O)N[C@@H]1CCCC[C@@H]1NC=O. The predicted molar refractivity (Wildman–Crippen MR) is 73.9 cm³/mol. The van der Waals surface area contributed by atoms with E-state index in [1.54, 1.807) is 0 Å². The highest BCUT2D eigenvalue weighted by molar-refractivity contribution is 5.95. The Kier molecular flexibility index (Phi) is 4.55. The van der Waals surface area contributed by atoms with Crippen molar-refractivity contribution in [2.24, 2.45) is 0 Å². The fourth-order valence-electron chi connectivity index (χ4n) is 2.66. The van der Waals surface area contributed by atoms with E-state index in [2.05, 4.69) is 10.6 Å². The van der Waals surface area contributed by atoms with E-state index < -0.39 is 0 Å². The first-order valence-corrected chi connectivity index (χ1v) is 6.78. The van der Waals surface area contributed by atoms with Crippen molar-refractivity contribution in [2.75, 3.05) is 0 Å². The Morgan fingerprint density at radius 3 is 2.58 bits per heavy atom. The number of carbonyl (C=O) groups excluding carboxylic acids is 2. The van der Waals surface area contributed by atoms with Gasteiger partial charge in [0.1, 0.15) is 0 Å². The Morgan fingerprint density at radius 1 is 1.21 bits per heavy atom. The maximum Gasteiger partial charge on any atom is 0.251 e. The van der Waals surface area contributed by atoms with Crippen LogP contribution in [0.5, 0.6) is 0 Å². The van der Waals surface area contributed by atoms with Gasteiger partial charge in [-0.25, -0.2) is 0 Å². The summed E-state index contributed by atoms with van der Waals surface area (Å²) in [5.74, 6) is -0.0531. The molecule has 1 saturated carbocycles. The minimum Gasteiger partial charge on any atom is -0.354 e. The summed E-state index contributed by atoms with van der Waals surface area (Å²) < 4.78 is 0. The van der Waals surface area contributed by atoms with Crippen LogP contribution in [0.1, 0.15) is 41.6 Å². The molecule has 0 radical (unpaired) electrons. The molecule has 0 aromatic heterocycles. The van der Waals surface area contributed by atoms with Crippen molar-refractivity contribution in [1.82, 2.24) is 10.6 Å². The molecule has 4 heteroatoms. The van der Waals surface area contributed by atoms with Gasteiger partial charge < -0.3 is 10.6 Å². The van der Waals surface area contributed by atoms with E-state index >= 15 is 0 Å². The maximum absolute atomic E-state index is 12.3. The zero-order valence-corrected chi connectivity index (χ0v) is 11.2. The second-order valence-corrected chi connectivity index (χ2v) is 5.07. The summed E-state index contributed by atoms with van der Waals surface area (Å²) >= 11 is 0. The lowest BCUT2D eigenvalue weighted by Gasteiger charge is -2.31. The molecule has 4 nitrogen and oxygen atoms in total.